The van der Waals surface area contributed by atoms with Gasteiger partial charge in [0.25, 0.3) is 0 Å². The maximum absolute atomic E-state index is 12.7. The van der Waals surface area contributed by atoms with Gasteiger partial charge in [-0.1, -0.05) is 48.5 Å². The summed E-state index contributed by atoms with van der Waals surface area (Å²) in [5.74, 6) is 1.45. The zero-order valence-electron chi connectivity index (χ0n) is 20.4. The van der Waals surface area contributed by atoms with Gasteiger partial charge >= 0.3 is 0 Å². The minimum absolute atomic E-state index is 0.295. The van der Waals surface area contributed by atoms with Gasteiger partial charge in [0, 0.05) is 35.6 Å². The molecule has 0 fully saturated rings. The van der Waals surface area contributed by atoms with Gasteiger partial charge in [0.15, 0.2) is 0 Å². The third kappa shape index (κ3) is 4.07. The molecule has 182 valence electrons. The van der Waals surface area contributed by atoms with E-state index in [9.17, 15) is 4.79 Å². The van der Waals surface area contributed by atoms with E-state index in [-0.39, 0.29) is 5.91 Å². The smallest absolute Gasteiger partial charge is 0.243 e. The highest BCUT2D eigenvalue weighted by Gasteiger charge is 2.38. The molecule has 4 aromatic rings. The van der Waals surface area contributed by atoms with Gasteiger partial charge in [-0.05, 0) is 12.1 Å². The van der Waals surface area contributed by atoms with Crippen LogP contribution in [0, 0.1) is 0 Å². The van der Waals surface area contributed by atoms with Gasteiger partial charge < -0.3 is 18.9 Å². The largest absolute Gasteiger partial charge is 0.496 e. The Bertz CT molecular complexity index is 1440. The summed E-state index contributed by atoms with van der Waals surface area (Å²) in [4.78, 5) is 17.5. The Hall–Kier alpha value is -4.59. The van der Waals surface area contributed by atoms with E-state index in [1.165, 1.54) is 26.2 Å². The van der Waals surface area contributed by atoms with Crippen LogP contribution in [0.1, 0.15) is 24.3 Å². The fraction of sp³-hybridized carbons (Fsp3) is 0.179. The summed E-state index contributed by atoms with van der Waals surface area (Å²) in [5, 5.41) is 6.75. The second-order valence-electron chi connectivity index (χ2n) is 8.12. The van der Waals surface area contributed by atoms with E-state index in [0.717, 1.165) is 27.7 Å². The zero-order valence-corrected chi connectivity index (χ0v) is 20.4. The first-order valence-corrected chi connectivity index (χ1v) is 11.3. The predicted molar refractivity (Wildman–Crippen MR) is 136 cm³/mol. The molecule has 1 aliphatic heterocycles. The SMILES string of the molecule is COc1cc(OC)c([C@H]2OC(c3cc(-c4ccccc4)nc4ccccc34)=NN2C(C)=O)c(OC)c1. The molecule has 3 aromatic carbocycles. The lowest BCUT2D eigenvalue weighted by atomic mass is 10.0. The van der Waals surface area contributed by atoms with Crippen LogP contribution < -0.4 is 14.2 Å². The number of fused-ring (bicyclic) bond motifs is 1. The van der Waals surface area contributed by atoms with Crippen molar-refractivity contribution in [1.82, 2.24) is 9.99 Å². The Morgan fingerprint density at radius 3 is 2.19 bits per heavy atom. The standard InChI is InChI=1S/C28H25N3O5/c1-17(32)31-28(26-24(34-3)14-19(33-2)15-25(26)35-4)36-27(30-31)21-16-23(18-10-6-5-7-11-18)29-22-13-9-8-12-20(21)22/h5-16,28H,1-4H3/t28-/m1/s1. The molecule has 0 aliphatic carbocycles. The number of amides is 1. The monoisotopic (exact) mass is 483 g/mol. The Balaban J connectivity index is 1.66. The third-order valence-corrected chi connectivity index (χ3v) is 5.98. The van der Waals surface area contributed by atoms with E-state index in [0.29, 0.717) is 28.7 Å². The van der Waals surface area contributed by atoms with E-state index in [1.807, 2.05) is 60.7 Å². The van der Waals surface area contributed by atoms with E-state index in [2.05, 4.69) is 5.10 Å². The first-order valence-electron chi connectivity index (χ1n) is 11.3. The number of methoxy groups -OCH3 is 3. The van der Waals surface area contributed by atoms with Crippen LogP contribution in [-0.4, -0.2) is 43.1 Å². The molecule has 8 heteroatoms. The van der Waals surface area contributed by atoms with Crippen molar-refractivity contribution in [2.45, 2.75) is 13.2 Å². The van der Waals surface area contributed by atoms with Crippen LogP contribution >= 0.6 is 0 Å². The summed E-state index contributed by atoms with van der Waals surface area (Å²) >= 11 is 0. The highest BCUT2D eigenvalue weighted by Crippen LogP contribution is 2.44. The lowest BCUT2D eigenvalue weighted by Crippen LogP contribution is -2.26. The van der Waals surface area contributed by atoms with Crippen molar-refractivity contribution in [2.75, 3.05) is 21.3 Å². The molecule has 5 rings (SSSR count). The molecule has 1 amide bonds. The molecule has 36 heavy (non-hydrogen) atoms. The van der Waals surface area contributed by atoms with Gasteiger partial charge in [-0.3, -0.25) is 4.79 Å². The first-order chi connectivity index (χ1) is 17.5. The maximum Gasteiger partial charge on any atom is 0.243 e. The molecule has 0 radical (unpaired) electrons. The Kier molecular flexibility index (Phi) is 6.16. The van der Waals surface area contributed by atoms with Gasteiger partial charge in [0.05, 0.1) is 38.1 Å². The number of carbonyl (C=O) groups is 1. The number of hydrazone groups is 1. The number of aromatic nitrogens is 1. The average molecular weight is 484 g/mol. The fourth-order valence-corrected chi connectivity index (χ4v) is 4.25. The number of rotatable bonds is 6. The molecule has 0 bridgehead atoms. The zero-order chi connectivity index (χ0) is 25.2. The minimum atomic E-state index is -0.902. The Morgan fingerprint density at radius 1 is 0.889 bits per heavy atom. The molecule has 0 unspecified atom stereocenters. The van der Waals surface area contributed by atoms with Crippen molar-refractivity contribution in [3.8, 4) is 28.5 Å². The topological polar surface area (TPSA) is 82.5 Å². The van der Waals surface area contributed by atoms with Gasteiger partial charge in [-0.15, -0.1) is 5.10 Å². The molecule has 0 saturated carbocycles. The second kappa shape index (κ2) is 9.58. The third-order valence-electron chi connectivity index (χ3n) is 5.98. The number of carbonyl (C=O) groups excluding carboxylic acids is 1. The molecule has 1 atom stereocenters. The fourth-order valence-electron chi connectivity index (χ4n) is 4.25. The van der Waals surface area contributed by atoms with Crippen LogP contribution in [0.25, 0.3) is 22.2 Å². The van der Waals surface area contributed by atoms with Gasteiger partial charge in [-0.25, -0.2) is 4.98 Å². The Morgan fingerprint density at radius 2 is 1.56 bits per heavy atom. The molecule has 0 N–H and O–H groups in total. The first kappa shape index (κ1) is 23.2. The number of nitrogens with zero attached hydrogens (tertiary/aromatic N) is 3. The van der Waals surface area contributed by atoms with Crippen LogP contribution in [0.5, 0.6) is 17.2 Å². The number of hydrogen-bond donors (Lipinski definition) is 0. The Labute approximate surface area is 208 Å². The average Bonchev–Trinajstić information content (AvgIpc) is 3.37. The van der Waals surface area contributed by atoms with Crippen molar-refractivity contribution in [2.24, 2.45) is 5.10 Å². The van der Waals surface area contributed by atoms with E-state index < -0.39 is 6.23 Å². The molecule has 1 aliphatic rings. The van der Waals surface area contributed by atoms with Crippen LogP contribution in [0.3, 0.4) is 0 Å². The maximum atomic E-state index is 12.7. The molecule has 8 nitrogen and oxygen atoms in total. The van der Waals surface area contributed by atoms with Gasteiger partial charge in [0.1, 0.15) is 17.2 Å². The predicted octanol–water partition coefficient (Wildman–Crippen LogP) is 5.17. The number of ether oxygens (including phenoxy) is 4. The molecule has 0 saturated heterocycles. The summed E-state index contributed by atoms with van der Waals surface area (Å²) in [6.45, 7) is 1.44. The number of benzene rings is 3. The molecule has 1 aromatic heterocycles. The molecule has 0 spiro atoms. The van der Waals surface area contributed by atoms with Crippen LogP contribution in [0.4, 0.5) is 0 Å². The highest BCUT2D eigenvalue weighted by atomic mass is 16.5. The van der Waals surface area contributed by atoms with Crippen LogP contribution in [0.2, 0.25) is 0 Å². The lowest BCUT2D eigenvalue weighted by molar-refractivity contribution is -0.135. The minimum Gasteiger partial charge on any atom is -0.496 e. The summed E-state index contributed by atoms with van der Waals surface area (Å²) in [7, 11) is 4.63. The summed E-state index contributed by atoms with van der Waals surface area (Å²) < 4.78 is 23.0. The van der Waals surface area contributed by atoms with Crippen molar-refractivity contribution < 1.29 is 23.7 Å². The van der Waals surface area contributed by atoms with Gasteiger partial charge in [-0.2, -0.15) is 5.01 Å². The molecular formula is C28H25N3O5. The van der Waals surface area contributed by atoms with Crippen molar-refractivity contribution in [3.63, 3.8) is 0 Å². The van der Waals surface area contributed by atoms with Crippen molar-refractivity contribution in [3.05, 3.63) is 83.9 Å². The second-order valence-corrected chi connectivity index (χ2v) is 8.12. The van der Waals surface area contributed by atoms with Crippen LogP contribution in [0.15, 0.2) is 77.9 Å². The quantitative estimate of drug-likeness (QED) is 0.377. The lowest BCUT2D eigenvalue weighted by Gasteiger charge is -2.23. The summed E-state index contributed by atoms with van der Waals surface area (Å²) in [6, 6.07) is 23.0. The normalized spacial score (nSPS) is 14.8. The number of para-hydroxylation sites is 1. The van der Waals surface area contributed by atoms with Crippen molar-refractivity contribution in [1.29, 1.82) is 0 Å². The molecule has 2 heterocycles. The van der Waals surface area contributed by atoms with Gasteiger partial charge in [0.2, 0.25) is 18.0 Å². The summed E-state index contributed by atoms with van der Waals surface area (Å²) in [6.07, 6.45) is -0.902. The summed E-state index contributed by atoms with van der Waals surface area (Å²) in [5.41, 5.74) is 3.77. The van der Waals surface area contributed by atoms with Crippen molar-refractivity contribution >= 4 is 22.7 Å². The molecular weight excluding hydrogens is 458 g/mol. The number of pyridine rings is 1. The number of hydrogen-bond acceptors (Lipinski definition) is 7. The van der Waals surface area contributed by atoms with E-state index in [4.69, 9.17) is 23.9 Å². The van der Waals surface area contributed by atoms with E-state index >= 15 is 0 Å². The highest BCUT2D eigenvalue weighted by molar-refractivity contribution is 6.08. The van der Waals surface area contributed by atoms with E-state index in [1.54, 1.807) is 19.2 Å². The van der Waals surface area contributed by atoms with Crippen LogP contribution in [-0.2, 0) is 9.53 Å².